The zero-order valence-corrected chi connectivity index (χ0v) is 9.41. The van der Waals surface area contributed by atoms with E-state index >= 15 is 0 Å². The highest BCUT2D eigenvalue weighted by atomic mass is 16.5. The first-order valence-corrected chi connectivity index (χ1v) is 6.05. The lowest BCUT2D eigenvalue weighted by molar-refractivity contribution is 0.188. The maximum Gasteiger partial charge on any atom is 0.0620 e. The Morgan fingerprint density at radius 2 is 2.25 bits per heavy atom. The van der Waals surface area contributed by atoms with Crippen LogP contribution in [-0.4, -0.2) is 19.3 Å². The highest BCUT2D eigenvalue weighted by molar-refractivity contribution is 5.47. The second-order valence-corrected chi connectivity index (χ2v) is 4.78. The summed E-state index contributed by atoms with van der Waals surface area (Å²) in [5.74, 6) is 0. The molecule has 1 aliphatic heterocycles. The van der Waals surface area contributed by atoms with Gasteiger partial charge in [-0.1, -0.05) is 6.07 Å². The molecule has 1 aromatic carbocycles. The van der Waals surface area contributed by atoms with Crippen LogP contribution in [-0.2, 0) is 11.2 Å². The predicted octanol–water partition coefficient (Wildman–Crippen LogP) is 1.63. The molecule has 3 N–H and O–H groups in total. The monoisotopic (exact) mass is 218 g/mol. The molecule has 0 amide bonds. The van der Waals surface area contributed by atoms with Crippen LogP contribution in [0.3, 0.4) is 0 Å². The van der Waals surface area contributed by atoms with Crippen molar-refractivity contribution < 1.29 is 4.74 Å². The summed E-state index contributed by atoms with van der Waals surface area (Å²) in [5, 5.41) is 3.69. The van der Waals surface area contributed by atoms with E-state index in [1.54, 1.807) is 0 Å². The van der Waals surface area contributed by atoms with Crippen LogP contribution in [0.2, 0.25) is 0 Å². The lowest BCUT2D eigenvalue weighted by Gasteiger charge is -2.18. The molecular formula is C13H18N2O. The van der Waals surface area contributed by atoms with Crippen LogP contribution in [0.4, 0.5) is 5.69 Å². The minimum atomic E-state index is 0.502. The van der Waals surface area contributed by atoms with Crippen LogP contribution in [0.25, 0.3) is 0 Å². The molecule has 2 aliphatic rings. The predicted molar refractivity (Wildman–Crippen MR) is 64.3 cm³/mol. The summed E-state index contributed by atoms with van der Waals surface area (Å²) in [5.41, 5.74) is 9.52. The van der Waals surface area contributed by atoms with Crippen LogP contribution >= 0.6 is 0 Å². The van der Waals surface area contributed by atoms with Crippen LogP contribution in [0, 0.1) is 0 Å². The highest BCUT2D eigenvalue weighted by Gasteiger charge is 2.26. The number of hydrogen-bond acceptors (Lipinski definition) is 3. The van der Waals surface area contributed by atoms with Crippen LogP contribution in [0.5, 0.6) is 0 Å². The largest absolute Gasteiger partial charge is 0.399 e. The SMILES string of the molecule is Nc1ccc2c(c1)CCC2NC1CCOC1. The van der Waals surface area contributed by atoms with Crippen LogP contribution in [0.15, 0.2) is 18.2 Å². The molecule has 1 aromatic rings. The van der Waals surface area contributed by atoms with E-state index < -0.39 is 0 Å². The zero-order chi connectivity index (χ0) is 11.0. The molecule has 1 aliphatic carbocycles. The third-order valence-corrected chi connectivity index (χ3v) is 3.61. The number of aryl methyl sites for hydroxylation is 1. The quantitative estimate of drug-likeness (QED) is 0.742. The molecular weight excluding hydrogens is 200 g/mol. The Kier molecular flexibility index (Phi) is 2.58. The Hall–Kier alpha value is -1.06. The second kappa shape index (κ2) is 4.07. The fraction of sp³-hybridized carbons (Fsp3) is 0.538. The van der Waals surface area contributed by atoms with Crippen molar-refractivity contribution in [2.45, 2.75) is 31.3 Å². The van der Waals surface area contributed by atoms with E-state index in [1.165, 1.54) is 17.5 Å². The summed E-state index contributed by atoms with van der Waals surface area (Å²) in [6.45, 7) is 1.76. The lowest BCUT2D eigenvalue weighted by Crippen LogP contribution is -2.32. The fourth-order valence-electron chi connectivity index (χ4n) is 2.76. The normalized spacial score (nSPS) is 28.2. The van der Waals surface area contributed by atoms with Crippen LogP contribution in [0.1, 0.15) is 30.0 Å². The molecule has 1 heterocycles. The van der Waals surface area contributed by atoms with Crippen molar-refractivity contribution in [3.63, 3.8) is 0 Å². The zero-order valence-electron chi connectivity index (χ0n) is 9.41. The van der Waals surface area contributed by atoms with Gasteiger partial charge in [0.25, 0.3) is 0 Å². The molecule has 16 heavy (non-hydrogen) atoms. The molecule has 0 bridgehead atoms. The molecule has 0 saturated carbocycles. The lowest BCUT2D eigenvalue weighted by atomic mass is 10.1. The summed E-state index contributed by atoms with van der Waals surface area (Å²) in [4.78, 5) is 0. The van der Waals surface area contributed by atoms with Gasteiger partial charge in [-0.05, 0) is 42.5 Å². The van der Waals surface area contributed by atoms with Gasteiger partial charge in [0.1, 0.15) is 0 Å². The van der Waals surface area contributed by atoms with Crippen molar-refractivity contribution in [3.8, 4) is 0 Å². The molecule has 0 radical (unpaired) electrons. The first-order valence-electron chi connectivity index (χ1n) is 6.05. The number of ether oxygens (including phenoxy) is 1. The molecule has 2 unspecified atom stereocenters. The third-order valence-electron chi connectivity index (χ3n) is 3.61. The van der Waals surface area contributed by atoms with Gasteiger partial charge < -0.3 is 15.8 Å². The standard InChI is InChI=1S/C13H18N2O/c14-10-2-3-12-9(7-10)1-4-13(12)15-11-5-6-16-8-11/h2-3,7,11,13,15H,1,4-6,8,14H2. The minimum absolute atomic E-state index is 0.502. The molecule has 1 saturated heterocycles. The third kappa shape index (κ3) is 1.81. The van der Waals surface area contributed by atoms with Gasteiger partial charge in [0.2, 0.25) is 0 Å². The van der Waals surface area contributed by atoms with Crippen molar-refractivity contribution in [1.82, 2.24) is 5.32 Å². The van der Waals surface area contributed by atoms with E-state index in [9.17, 15) is 0 Å². The number of fused-ring (bicyclic) bond motifs is 1. The van der Waals surface area contributed by atoms with E-state index in [0.717, 1.165) is 31.7 Å². The van der Waals surface area contributed by atoms with E-state index in [4.69, 9.17) is 10.5 Å². The minimum Gasteiger partial charge on any atom is -0.399 e. The maximum atomic E-state index is 5.80. The Balaban J connectivity index is 1.75. The molecule has 3 nitrogen and oxygen atoms in total. The van der Waals surface area contributed by atoms with Crippen LogP contribution < -0.4 is 11.1 Å². The smallest absolute Gasteiger partial charge is 0.0620 e. The van der Waals surface area contributed by atoms with E-state index in [2.05, 4.69) is 17.4 Å². The summed E-state index contributed by atoms with van der Waals surface area (Å²) >= 11 is 0. The molecule has 86 valence electrons. The number of benzene rings is 1. The number of nitrogens with one attached hydrogen (secondary N) is 1. The van der Waals surface area contributed by atoms with Crippen molar-refractivity contribution in [2.24, 2.45) is 0 Å². The van der Waals surface area contributed by atoms with Crippen molar-refractivity contribution in [2.75, 3.05) is 18.9 Å². The van der Waals surface area contributed by atoms with Crippen molar-refractivity contribution in [3.05, 3.63) is 29.3 Å². The average Bonchev–Trinajstić information content (AvgIpc) is 2.89. The van der Waals surface area contributed by atoms with Gasteiger partial charge in [-0.3, -0.25) is 0 Å². The van der Waals surface area contributed by atoms with Gasteiger partial charge in [-0.2, -0.15) is 0 Å². The second-order valence-electron chi connectivity index (χ2n) is 4.78. The molecule has 1 fully saturated rings. The molecule has 2 atom stereocenters. The molecule has 3 rings (SSSR count). The van der Waals surface area contributed by atoms with Gasteiger partial charge in [0.05, 0.1) is 6.61 Å². The Morgan fingerprint density at radius 3 is 3.06 bits per heavy atom. The summed E-state index contributed by atoms with van der Waals surface area (Å²) < 4.78 is 5.39. The number of anilines is 1. The first-order chi connectivity index (χ1) is 7.83. The highest BCUT2D eigenvalue weighted by Crippen LogP contribution is 2.33. The molecule has 3 heteroatoms. The number of hydrogen-bond donors (Lipinski definition) is 2. The van der Waals surface area contributed by atoms with Gasteiger partial charge in [-0.15, -0.1) is 0 Å². The van der Waals surface area contributed by atoms with Gasteiger partial charge in [0.15, 0.2) is 0 Å². The maximum absolute atomic E-state index is 5.80. The Morgan fingerprint density at radius 1 is 1.31 bits per heavy atom. The van der Waals surface area contributed by atoms with Gasteiger partial charge >= 0.3 is 0 Å². The van der Waals surface area contributed by atoms with Gasteiger partial charge in [0, 0.05) is 24.4 Å². The number of rotatable bonds is 2. The average molecular weight is 218 g/mol. The Bertz CT molecular complexity index is 386. The Labute approximate surface area is 96.0 Å². The van der Waals surface area contributed by atoms with E-state index in [-0.39, 0.29) is 0 Å². The number of nitrogen functional groups attached to an aromatic ring is 1. The number of nitrogens with two attached hydrogens (primary N) is 1. The van der Waals surface area contributed by atoms with E-state index in [1.807, 2.05) is 6.07 Å². The molecule has 0 spiro atoms. The van der Waals surface area contributed by atoms with Crippen molar-refractivity contribution >= 4 is 5.69 Å². The van der Waals surface area contributed by atoms with Crippen molar-refractivity contribution in [1.29, 1.82) is 0 Å². The summed E-state index contributed by atoms with van der Waals surface area (Å²) in [7, 11) is 0. The first kappa shape index (κ1) is 10.1. The fourth-order valence-corrected chi connectivity index (χ4v) is 2.76. The van der Waals surface area contributed by atoms with Gasteiger partial charge in [-0.25, -0.2) is 0 Å². The topological polar surface area (TPSA) is 47.3 Å². The molecule has 0 aromatic heterocycles. The summed E-state index contributed by atoms with van der Waals surface area (Å²) in [6.07, 6.45) is 3.47. The summed E-state index contributed by atoms with van der Waals surface area (Å²) in [6, 6.07) is 7.33. The van der Waals surface area contributed by atoms with E-state index in [0.29, 0.717) is 12.1 Å².